The molecular weight excluding hydrogens is 304 g/mol. The van der Waals surface area contributed by atoms with Gasteiger partial charge in [0.2, 0.25) is 0 Å². The van der Waals surface area contributed by atoms with Gasteiger partial charge in [-0.2, -0.15) is 0 Å². The second-order valence-corrected chi connectivity index (χ2v) is 7.55. The molecule has 5 nitrogen and oxygen atoms in total. The van der Waals surface area contributed by atoms with E-state index in [1.54, 1.807) is 0 Å². The molecule has 2 fully saturated rings. The Morgan fingerprint density at radius 3 is 2.79 bits per heavy atom. The second kappa shape index (κ2) is 6.28. The van der Waals surface area contributed by atoms with E-state index in [1.807, 2.05) is 24.3 Å². The van der Waals surface area contributed by atoms with Crippen LogP contribution in [0.5, 0.6) is 5.75 Å². The molecule has 0 saturated heterocycles. The van der Waals surface area contributed by atoms with Crippen LogP contribution in [0.25, 0.3) is 0 Å². The van der Waals surface area contributed by atoms with Crippen LogP contribution >= 0.6 is 0 Å². The Hall–Kier alpha value is -1.75. The molecule has 2 aliphatic carbocycles. The summed E-state index contributed by atoms with van der Waals surface area (Å²) in [5, 5.41) is 15.9. The van der Waals surface area contributed by atoms with E-state index in [1.165, 1.54) is 6.42 Å². The molecule has 1 spiro atoms. The van der Waals surface area contributed by atoms with Crippen LogP contribution in [-0.2, 0) is 0 Å². The van der Waals surface area contributed by atoms with Crippen molar-refractivity contribution < 1.29 is 14.6 Å². The number of carbonyl (C=O) groups excluding carboxylic acids is 1. The average molecular weight is 330 g/mol. The lowest BCUT2D eigenvalue weighted by Crippen LogP contribution is -2.51. The number of carbonyl (C=O) groups is 1. The molecule has 1 heterocycles. The van der Waals surface area contributed by atoms with Crippen LogP contribution in [0.1, 0.15) is 56.6 Å². The molecule has 0 bridgehead atoms. The zero-order valence-corrected chi connectivity index (χ0v) is 14.0. The van der Waals surface area contributed by atoms with E-state index in [0.29, 0.717) is 6.54 Å². The number of rotatable bonds is 3. The Morgan fingerprint density at radius 1 is 1.25 bits per heavy atom. The van der Waals surface area contributed by atoms with E-state index < -0.39 is 0 Å². The molecule has 0 unspecified atom stereocenters. The fraction of sp³-hybridized carbons (Fsp3) is 0.632. The first-order chi connectivity index (χ1) is 11.7. The predicted molar refractivity (Wildman–Crippen MR) is 90.9 cm³/mol. The number of benzene rings is 1. The Labute approximate surface area is 142 Å². The molecule has 2 saturated carbocycles. The summed E-state index contributed by atoms with van der Waals surface area (Å²) in [7, 11) is 0. The normalized spacial score (nSPS) is 30.1. The van der Waals surface area contributed by atoms with E-state index in [4.69, 9.17) is 4.74 Å². The van der Waals surface area contributed by atoms with Crippen LogP contribution in [0, 0.1) is 5.92 Å². The van der Waals surface area contributed by atoms with Crippen LogP contribution in [-0.4, -0.2) is 29.4 Å². The van der Waals surface area contributed by atoms with Gasteiger partial charge in [0.15, 0.2) is 0 Å². The van der Waals surface area contributed by atoms with E-state index in [0.717, 1.165) is 49.8 Å². The number of ether oxygens (including phenoxy) is 1. The number of nitrogens with one attached hydrogen (secondary N) is 2. The number of hydrogen-bond acceptors (Lipinski definition) is 3. The molecule has 2 amide bonds. The van der Waals surface area contributed by atoms with Crippen molar-refractivity contribution >= 4 is 6.03 Å². The van der Waals surface area contributed by atoms with Gasteiger partial charge in [-0.1, -0.05) is 24.6 Å². The van der Waals surface area contributed by atoms with Gasteiger partial charge in [0, 0.05) is 24.4 Å². The highest BCUT2D eigenvalue weighted by molar-refractivity contribution is 5.74. The van der Waals surface area contributed by atoms with Gasteiger partial charge in [0.1, 0.15) is 11.4 Å². The fourth-order valence-corrected chi connectivity index (χ4v) is 4.31. The zero-order chi connectivity index (χ0) is 16.6. The SMILES string of the molecule is O=C(NC[C@@H]1CCC[C@@H]1O)N[C@H]1CC2(CCC2)Oc2ccccc21. The van der Waals surface area contributed by atoms with Crippen molar-refractivity contribution in [3.8, 4) is 5.75 Å². The standard InChI is InChI=1S/C19H26N2O3/c22-16-7-3-5-13(16)12-20-18(23)21-15-11-19(9-4-10-19)24-17-8-2-1-6-14(15)17/h1-2,6,8,13,15-16,22H,3-5,7,9-12H2,(H2,20,21,23)/t13-,15-,16-/m0/s1. The number of para-hydroxylation sites is 1. The van der Waals surface area contributed by atoms with Crippen molar-refractivity contribution in [3.05, 3.63) is 29.8 Å². The summed E-state index contributed by atoms with van der Waals surface area (Å²) in [6.45, 7) is 0.545. The predicted octanol–water partition coefficient (Wildman–Crippen LogP) is 2.89. The van der Waals surface area contributed by atoms with Gasteiger partial charge in [0.05, 0.1) is 12.1 Å². The van der Waals surface area contributed by atoms with Crippen LogP contribution < -0.4 is 15.4 Å². The third-order valence-corrected chi connectivity index (χ3v) is 5.91. The Bertz CT molecular complexity index is 614. The van der Waals surface area contributed by atoms with Crippen molar-refractivity contribution in [1.82, 2.24) is 10.6 Å². The minimum absolute atomic E-state index is 0.0104. The van der Waals surface area contributed by atoms with Gasteiger partial charge in [-0.15, -0.1) is 0 Å². The molecule has 3 atom stereocenters. The second-order valence-electron chi connectivity index (χ2n) is 7.55. The molecule has 130 valence electrons. The summed E-state index contributed by atoms with van der Waals surface area (Å²) in [6, 6.07) is 7.84. The molecule has 5 heteroatoms. The van der Waals surface area contributed by atoms with E-state index in [-0.39, 0.29) is 29.7 Å². The Kier molecular flexibility index (Phi) is 4.12. The number of amides is 2. The maximum atomic E-state index is 12.4. The molecule has 3 N–H and O–H groups in total. The quantitative estimate of drug-likeness (QED) is 0.798. The summed E-state index contributed by atoms with van der Waals surface area (Å²) >= 11 is 0. The molecule has 1 aliphatic heterocycles. The van der Waals surface area contributed by atoms with Crippen molar-refractivity contribution in [2.45, 2.75) is 62.7 Å². The molecule has 1 aromatic carbocycles. The highest BCUT2D eigenvalue weighted by Gasteiger charge is 2.45. The molecule has 0 radical (unpaired) electrons. The summed E-state index contributed by atoms with van der Waals surface area (Å²) < 4.78 is 6.22. The van der Waals surface area contributed by atoms with Gasteiger partial charge < -0.3 is 20.5 Å². The third-order valence-electron chi connectivity index (χ3n) is 5.91. The first-order valence-electron chi connectivity index (χ1n) is 9.16. The number of hydrogen-bond donors (Lipinski definition) is 3. The Morgan fingerprint density at radius 2 is 2.08 bits per heavy atom. The van der Waals surface area contributed by atoms with Gasteiger partial charge in [-0.3, -0.25) is 0 Å². The van der Waals surface area contributed by atoms with E-state index in [9.17, 15) is 9.90 Å². The van der Waals surface area contributed by atoms with Crippen LogP contribution in [0.4, 0.5) is 4.79 Å². The highest BCUT2D eigenvalue weighted by Crippen LogP contribution is 2.48. The van der Waals surface area contributed by atoms with Gasteiger partial charge >= 0.3 is 6.03 Å². The summed E-state index contributed by atoms with van der Waals surface area (Å²) in [5.74, 6) is 1.09. The summed E-state index contributed by atoms with van der Waals surface area (Å²) in [5.41, 5.74) is 0.972. The fourth-order valence-electron chi connectivity index (χ4n) is 4.31. The first-order valence-corrected chi connectivity index (χ1v) is 9.16. The Balaban J connectivity index is 1.40. The zero-order valence-electron chi connectivity index (χ0n) is 14.0. The van der Waals surface area contributed by atoms with Crippen molar-refractivity contribution in [2.24, 2.45) is 5.92 Å². The smallest absolute Gasteiger partial charge is 0.315 e. The maximum absolute atomic E-state index is 12.4. The minimum Gasteiger partial charge on any atom is -0.487 e. The number of aliphatic hydroxyl groups excluding tert-OH is 1. The molecule has 0 aromatic heterocycles. The average Bonchev–Trinajstić information content (AvgIpc) is 2.96. The molecule has 3 aliphatic rings. The van der Waals surface area contributed by atoms with Crippen LogP contribution in [0.3, 0.4) is 0 Å². The molecule has 24 heavy (non-hydrogen) atoms. The van der Waals surface area contributed by atoms with Crippen LogP contribution in [0.15, 0.2) is 24.3 Å². The number of aliphatic hydroxyl groups is 1. The van der Waals surface area contributed by atoms with E-state index in [2.05, 4.69) is 10.6 Å². The monoisotopic (exact) mass is 330 g/mol. The lowest BCUT2D eigenvalue weighted by molar-refractivity contribution is -0.0355. The third kappa shape index (κ3) is 2.97. The number of fused-ring (bicyclic) bond motifs is 1. The molecule has 1 aromatic rings. The van der Waals surface area contributed by atoms with Gasteiger partial charge in [0.25, 0.3) is 0 Å². The largest absolute Gasteiger partial charge is 0.487 e. The van der Waals surface area contributed by atoms with E-state index >= 15 is 0 Å². The maximum Gasteiger partial charge on any atom is 0.315 e. The molecule has 4 rings (SSSR count). The lowest BCUT2D eigenvalue weighted by atomic mass is 9.73. The summed E-state index contributed by atoms with van der Waals surface area (Å²) in [6.07, 6.45) is 6.78. The minimum atomic E-state index is -0.271. The van der Waals surface area contributed by atoms with Crippen molar-refractivity contribution in [1.29, 1.82) is 0 Å². The summed E-state index contributed by atoms with van der Waals surface area (Å²) in [4.78, 5) is 12.4. The molecular formula is C19H26N2O3. The van der Waals surface area contributed by atoms with Gasteiger partial charge in [-0.25, -0.2) is 4.79 Å². The van der Waals surface area contributed by atoms with Crippen molar-refractivity contribution in [3.63, 3.8) is 0 Å². The topological polar surface area (TPSA) is 70.6 Å². The first kappa shape index (κ1) is 15.8. The van der Waals surface area contributed by atoms with Crippen LogP contribution in [0.2, 0.25) is 0 Å². The number of urea groups is 1. The lowest BCUT2D eigenvalue weighted by Gasteiger charge is -2.48. The van der Waals surface area contributed by atoms with Crippen molar-refractivity contribution in [2.75, 3.05) is 6.54 Å². The van der Waals surface area contributed by atoms with Gasteiger partial charge in [-0.05, 0) is 38.2 Å². The highest BCUT2D eigenvalue weighted by atomic mass is 16.5.